The quantitative estimate of drug-likeness (QED) is 0.824. The van der Waals surface area contributed by atoms with Gasteiger partial charge in [0.25, 0.3) is 0 Å². The van der Waals surface area contributed by atoms with E-state index in [0.29, 0.717) is 12.1 Å². The maximum absolute atomic E-state index is 4.51. The molecule has 1 aliphatic rings. The topological polar surface area (TPSA) is 37.0 Å². The molecule has 0 amide bonds. The van der Waals surface area contributed by atoms with Crippen LogP contribution in [0, 0.1) is 6.92 Å². The number of nitrogens with zero attached hydrogens (tertiary/aromatic N) is 1. The molecule has 3 nitrogen and oxygen atoms in total. The first-order chi connectivity index (χ1) is 7.25. The summed E-state index contributed by atoms with van der Waals surface area (Å²) in [6.07, 6.45) is 2.56. The molecule has 1 aromatic heterocycles. The Labute approximate surface area is 95.3 Å². The largest absolute Gasteiger partial charge is 0.315 e. The second-order valence-corrected chi connectivity index (χ2v) is 5.15. The van der Waals surface area contributed by atoms with Crippen LogP contribution in [0.3, 0.4) is 0 Å². The Balaban J connectivity index is 1.88. The van der Waals surface area contributed by atoms with Gasteiger partial charge in [-0.25, -0.2) is 4.98 Å². The molecule has 2 rings (SSSR count). The van der Waals surface area contributed by atoms with Crippen LogP contribution in [0.2, 0.25) is 0 Å². The summed E-state index contributed by atoms with van der Waals surface area (Å²) in [6, 6.07) is 0.992. The van der Waals surface area contributed by atoms with Gasteiger partial charge in [0, 0.05) is 23.7 Å². The molecule has 15 heavy (non-hydrogen) atoms. The molecule has 0 spiro atoms. The summed E-state index contributed by atoms with van der Waals surface area (Å²) >= 11 is 1.75. The summed E-state index contributed by atoms with van der Waals surface area (Å²) in [7, 11) is 0. The van der Waals surface area contributed by atoms with Crippen molar-refractivity contribution in [1.82, 2.24) is 15.6 Å². The first-order valence-corrected chi connectivity index (χ1v) is 6.52. The van der Waals surface area contributed by atoms with Crippen LogP contribution < -0.4 is 10.6 Å². The van der Waals surface area contributed by atoms with Crippen molar-refractivity contribution in [3.63, 3.8) is 0 Å². The van der Waals surface area contributed by atoms with E-state index in [4.69, 9.17) is 0 Å². The Bertz CT molecular complexity index is 305. The zero-order chi connectivity index (χ0) is 10.7. The van der Waals surface area contributed by atoms with Crippen molar-refractivity contribution < 1.29 is 0 Å². The van der Waals surface area contributed by atoms with Crippen LogP contribution in [0.4, 0.5) is 0 Å². The Morgan fingerprint density at radius 3 is 3.13 bits per heavy atom. The van der Waals surface area contributed by atoms with Crippen LogP contribution in [-0.2, 0) is 0 Å². The minimum atomic E-state index is 0.383. The molecule has 1 aliphatic heterocycles. The number of hydrogen-bond acceptors (Lipinski definition) is 4. The number of aromatic nitrogens is 1. The third kappa shape index (κ3) is 3.00. The SMILES string of the molecule is Cc1csc(C(C)NC2CCCNC2)n1. The molecule has 1 fully saturated rings. The summed E-state index contributed by atoms with van der Waals surface area (Å²) in [5.41, 5.74) is 1.13. The molecule has 1 aromatic rings. The van der Waals surface area contributed by atoms with Gasteiger partial charge in [0.05, 0.1) is 6.04 Å². The van der Waals surface area contributed by atoms with Crippen molar-refractivity contribution in [3.8, 4) is 0 Å². The fourth-order valence-corrected chi connectivity index (χ4v) is 2.80. The second kappa shape index (κ2) is 5.05. The highest BCUT2D eigenvalue weighted by Crippen LogP contribution is 2.18. The molecule has 84 valence electrons. The predicted molar refractivity (Wildman–Crippen MR) is 64.3 cm³/mol. The minimum Gasteiger partial charge on any atom is -0.315 e. The van der Waals surface area contributed by atoms with Gasteiger partial charge in [0.1, 0.15) is 5.01 Å². The van der Waals surface area contributed by atoms with Crippen LogP contribution in [0.1, 0.15) is 36.5 Å². The van der Waals surface area contributed by atoms with Gasteiger partial charge >= 0.3 is 0 Å². The van der Waals surface area contributed by atoms with Crippen molar-refractivity contribution in [2.45, 2.75) is 38.8 Å². The van der Waals surface area contributed by atoms with E-state index in [1.54, 1.807) is 11.3 Å². The Hall–Kier alpha value is -0.450. The minimum absolute atomic E-state index is 0.383. The van der Waals surface area contributed by atoms with Crippen molar-refractivity contribution in [2.75, 3.05) is 13.1 Å². The zero-order valence-corrected chi connectivity index (χ0v) is 10.2. The Morgan fingerprint density at radius 2 is 2.53 bits per heavy atom. The van der Waals surface area contributed by atoms with Gasteiger partial charge < -0.3 is 10.6 Å². The predicted octanol–water partition coefficient (Wildman–Crippen LogP) is 1.85. The molecular weight excluding hydrogens is 206 g/mol. The van der Waals surface area contributed by atoms with Gasteiger partial charge in [0.2, 0.25) is 0 Å². The lowest BCUT2D eigenvalue weighted by molar-refractivity contribution is 0.361. The average molecular weight is 225 g/mol. The van der Waals surface area contributed by atoms with Crippen molar-refractivity contribution in [2.24, 2.45) is 0 Å². The van der Waals surface area contributed by atoms with Gasteiger partial charge in [-0.3, -0.25) is 0 Å². The van der Waals surface area contributed by atoms with Crippen molar-refractivity contribution in [1.29, 1.82) is 0 Å². The lowest BCUT2D eigenvalue weighted by Crippen LogP contribution is -2.43. The fourth-order valence-electron chi connectivity index (χ4n) is 1.99. The van der Waals surface area contributed by atoms with E-state index >= 15 is 0 Å². The summed E-state index contributed by atoms with van der Waals surface area (Å²) in [6.45, 7) is 6.51. The second-order valence-electron chi connectivity index (χ2n) is 4.26. The van der Waals surface area contributed by atoms with E-state index in [1.165, 1.54) is 24.4 Å². The molecule has 2 unspecified atom stereocenters. The number of thiazole rings is 1. The first kappa shape index (κ1) is 11.0. The smallest absolute Gasteiger partial charge is 0.110 e. The van der Waals surface area contributed by atoms with Crippen LogP contribution in [0.5, 0.6) is 0 Å². The summed E-state index contributed by atoms with van der Waals surface area (Å²) in [5.74, 6) is 0. The Morgan fingerprint density at radius 1 is 1.67 bits per heavy atom. The summed E-state index contributed by atoms with van der Waals surface area (Å²) in [5, 5.41) is 10.4. The lowest BCUT2D eigenvalue weighted by Gasteiger charge is -2.26. The zero-order valence-electron chi connectivity index (χ0n) is 9.42. The van der Waals surface area contributed by atoms with Crippen molar-refractivity contribution >= 4 is 11.3 Å². The van der Waals surface area contributed by atoms with Crippen LogP contribution in [-0.4, -0.2) is 24.1 Å². The summed E-state index contributed by atoms with van der Waals surface area (Å²) < 4.78 is 0. The van der Waals surface area contributed by atoms with E-state index < -0.39 is 0 Å². The first-order valence-electron chi connectivity index (χ1n) is 5.64. The molecule has 0 saturated carbocycles. The molecule has 1 saturated heterocycles. The van der Waals surface area contributed by atoms with Gasteiger partial charge in [0.15, 0.2) is 0 Å². The van der Waals surface area contributed by atoms with Gasteiger partial charge in [-0.15, -0.1) is 11.3 Å². The Kier molecular flexibility index (Phi) is 3.72. The highest BCUT2D eigenvalue weighted by molar-refractivity contribution is 7.09. The highest BCUT2D eigenvalue weighted by atomic mass is 32.1. The molecule has 2 heterocycles. The third-order valence-corrected chi connectivity index (χ3v) is 3.94. The molecular formula is C11H19N3S. The number of hydrogen-bond donors (Lipinski definition) is 2. The molecule has 0 bridgehead atoms. The van der Waals surface area contributed by atoms with E-state index in [9.17, 15) is 0 Å². The lowest BCUT2D eigenvalue weighted by atomic mass is 10.1. The van der Waals surface area contributed by atoms with E-state index in [-0.39, 0.29) is 0 Å². The average Bonchev–Trinajstić information content (AvgIpc) is 2.66. The van der Waals surface area contributed by atoms with Gasteiger partial charge in [-0.2, -0.15) is 0 Å². The third-order valence-electron chi connectivity index (χ3n) is 2.79. The molecule has 2 atom stereocenters. The molecule has 0 aliphatic carbocycles. The van der Waals surface area contributed by atoms with Crippen LogP contribution in [0.25, 0.3) is 0 Å². The fraction of sp³-hybridized carbons (Fsp3) is 0.727. The van der Waals surface area contributed by atoms with Gasteiger partial charge in [-0.05, 0) is 33.2 Å². The molecule has 0 radical (unpaired) electrons. The highest BCUT2D eigenvalue weighted by Gasteiger charge is 2.17. The van der Waals surface area contributed by atoms with E-state index in [1.807, 2.05) is 0 Å². The molecule has 0 aromatic carbocycles. The van der Waals surface area contributed by atoms with E-state index in [0.717, 1.165) is 12.2 Å². The normalized spacial score (nSPS) is 24.0. The molecule has 2 N–H and O–H groups in total. The van der Waals surface area contributed by atoms with Crippen LogP contribution in [0.15, 0.2) is 5.38 Å². The number of aryl methyl sites for hydroxylation is 1. The number of rotatable bonds is 3. The summed E-state index contributed by atoms with van der Waals surface area (Å²) in [4.78, 5) is 4.51. The monoisotopic (exact) mass is 225 g/mol. The van der Waals surface area contributed by atoms with Gasteiger partial charge in [-0.1, -0.05) is 0 Å². The van der Waals surface area contributed by atoms with Crippen molar-refractivity contribution in [3.05, 3.63) is 16.1 Å². The van der Waals surface area contributed by atoms with Crippen LogP contribution >= 0.6 is 11.3 Å². The van der Waals surface area contributed by atoms with E-state index in [2.05, 4.69) is 34.8 Å². The maximum Gasteiger partial charge on any atom is 0.110 e. The molecule has 4 heteroatoms. The standard InChI is InChI=1S/C11H19N3S/c1-8-7-15-11(13-8)9(2)14-10-4-3-5-12-6-10/h7,9-10,12,14H,3-6H2,1-2H3. The number of piperidine rings is 1. The maximum atomic E-state index is 4.51. The number of nitrogens with one attached hydrogen (secondary N) is 2.